The highest BCUT2D eigenvalue weighted by molar-refractivity contribution is 7.99. The second-order valence-electron chi connectivity index (χ2n) is 5.40. The Labute approximate surface area is 137 Å². The highest BCUT2D eigenvalue weighted by atomic mass is 32.2. The number of aliphatic imine (C=N–C) groups is 1. The molecule has 0 aromatic heterocycles. The summed E-state index contributed by atoms with van der Waals surface area (Å²) in [6, 6.07) is 5.84. The highest BCUT2D eigenvalue weighted by Crippen LogP contribution is 2.30. The number of nitrogens with zero attached hydrogens (tertiary/aromatic N) is 1. The van der Waals surface area contributed by atoms with Gasteiger partial charge in [0.05, 0.1) is 14.2 Å². The maximum Gasteiger partial charge on any atom is 0.191 e. The van der Waals surface area contributed by atoms with Gasteiger partial charge in [0.25, 0.3) is 0 Å². The zero-order valence-electron chi connectivity index (χ0n) is 14.3. The van der Waals surface area contributed by atoms with Crippen molar-refractivity contribution in [2.24, 2.45) is 4.99 Å². The second kappa shape index (κ2) is 8.78. The fourth-order valence-corrected chi connectivity index (χ4v) is 2.08. The molecule has 0 aliphatic rings. The Balaban J connectivity index is 2.68. The van der Waals surface area contributed by atoms with Gasteiger partial charge in [-0.15, -0.1) is 0 Å². The number of para-hydroxylation sites is 1. The molecule has 0 bridgehead atoms. The van der Waals surface area contributed by atoms with Crippen molar-refractivity contribution < 1.29 is 9.47 Å². The van der Waals surface area contributed by atoms with Gasteiger partial charge in [-0.05, 0) is 26.2 Å². The first-order valence-corrected chi connectivity index (χ1v) is 8.39. The fraction of sp³-hybridized carbons (Fsp3) is 0.562. The Kier molecular flexibility index (Phi) is 7.38. The topological polar surface area (TPSA) is 54.9 Å². The largest absolute Gasteiger partial charge is 0.493 e. The van der Waals surface area contributed by atoms with E-state index >= 15 is 0 Å². The van der Waals surface area contributed by atoms with Crippen molar-refractivity contribution in [1.82, 2.24) is 10.6 Å². The van der Waals surface area contributed by atoms with E-state index in [-0.39, 0.29) is 4.75 Å². The van der Waals surface area contributed by atoms with E-state index in [1.54, 1.807) is 21.3 Å². The van der Waals surface area contributed by atoms with Gasteiger partial charge in [-0.2, -0.15) is 11.8 Å². The average Bonchev–Trinajstić information content (AvgIpc) is 2.54. The first kappa shape index (κ1) is 18.5. The molecule has 1 aromatic rings. The summed E-state index contributed by atoms with van der Waals surface area (Å²) in [6.07, 6.45) is 2.11. The minimum atomic E-state index is 0.158. The summed E-state index contributed by atoms with van der Waals surface area (Å²) in [5.74, 6) is 2.25. The van der Waals surface area contributed by atoms with Crippen molar-refractivity contribution in [2.75, 3.05) is 34.1 Å². The van der Waals surface area contributed by atoms with Crippen LogP contribution in [0.2, 0.25) is 0 Å². The molecule has 6 heteroatoms. The summed E-state index contributed by atoms with van der Waals surface area (Å²) in [5, 5.41) is 6.65. The molecule has 5 nitrogen and oxygen atoms in total. The summed E-state index contributed by atoms with van der Waals surface area (Å²) in [7, 11) is 5.06. The number of hydrogen-bond acceptors (Lipinski definition) is 4. The van der Waals surface area contributed by atoms with E-state index in [1.165, 1.54) is 0 Å². The van der Waals surface area contributed by atoms with E-state index in [4.69, 9.17) is 9.47 Å². The zero-order chi connectivity index (χ0) is 16.6. The van der Waals surface area contributed by atoms with Crippen molar-refractivity contribution >= 4 is 17.7 Å². The van der Waals surface area contributed by atoms with E-state index in [9.17, 15) is 0 Å². The van der Waals surface area contributed by atoms with Gasteiger partial charge in [0, 0.05) is 30.4 Å². The summed E-state index contributed by atoms with van der Waals surface area (Å²) in [6.45, 7) is 5.84. The van der Waals surface area contributed by atoms with Crippen LogP contribution in [0.1, 0.15) is 19.4 Å². The summed E-state index contributed by atoms with van der Waals surface area (Å²) >= 11 is 1.82. The molecule has 0 fully saturated rings. The van der Waals surface area contributed by atoms with Crippen LogP contribution in [0.15, 0.2) is 23.2 Å². The quantitative estimate of drug-likeness (QED) is 0.596. The number of ether oxygens (including phenoxy) is 2. The Bertz CT molecular complexity index is 504. The lowest BCUT2D eigenvalue weighted by Gasteiger charge is -2.24. The maximum absolute atomic E-state index is 5.44. The average molecular weight is 325 g/mol. The van der Waals surface area contributed by atoms with Gasteiger partial charge in [0.1, 0.15) is 0 Å². The molecule has 0 unspecified atom stereocenters. The minimum absolute atomic E-state index is 0.158. The summed E-state index contributed by atoms with van der Waals surface area (Å²) in [4.78, 5) is 4.25. The molecule has 0 saturated carbocycles. The van der Waals surface area contributed by atoms with Crippen LogP contribution in [0.5, 0.6) is 11.5 Å². The third-order valence-electron chi connectivity index (χ3n) is 3.39. The zero-order valence-corrected chi connectivity index (χ0v) is 15.1. The maximum atomic E-state index is 5.44. The van der Waals surface area contributed by atoms with E-state index in [0.717, 1.165) is 29.6 Å². The molecule has 2 N–H and O–H groups in total. The molecular weight excluding hydrogens is 298 g/mol. The Morgan fingerprint density at radius 3 is 2.50 bits per heavy atom. The van der Waals surface area contributed by atoms with Crippen molar-refractivity contribution in [3.05, 3.63) is 23.8 Å². The second-order valence-corrected chi connectivity index (χ2v) is 6.91. The van der Waals surface area contributed by atoms with E-state index in [1.807, 2.05) is 30.0 Å². The molecule has 0 spiro atoms. The lowest BCUT2D eigenvalue weighted by Crippen LogP contribution is -2.43. The number of guanidine groups is 1. The number of thioether (sulfide) groups is 1. The first-order valence-electron chi connectivity index (χ1n) is 7.17. The van der Waals surface area contributed by atoms with Crippen LogP contribution in [-0.2, 0) is 6.54 Å². The third-order valence-corrected chi connectivity index (χ3v) is 4.64. The molecule has 0 aliphatic heterocycles. The molecule has 1 aromatic carbocycles. The molecule has 0 heterocycles. The van der Waals surface area contributed by atoms with Gasteiger partial charge in [-0.3, -0.25) is 4.99 Å². The normalized spacial score (nSPS) is 12.0. The van der Waals surface area contributed by atoms with Gasteiger partial charge in [0.2, 0.25) is 0 Å². The van der Waals surface area contributed by atoms with Crippen molar-refractivity contribution in [1.29, 1.82) is 0 Å². The van der Waals surface area contributed by atoms with Gasteiger partial charge in [-0.25, -0.2) is 0 Å². The van der Waals surface area contributed by atoms with E-state index < -0.39 is 0 Å². The van der Waals surface area contributed by atoms with Crippen LogP contribution in [0.25, 0.3) is 0 Å². The molecule has 0 atom stereocenters. The summed E-state index contributed by atoms with van der Waals surface area (Å²) < 4.78 is 10.9. The van der Waals surface area contributed by atoms with Crippen LogP contribution >= 0.6 is 11.8 Å². The highest BCUT2D eigenvalue weighted by Gasteiger charge is 2.16. The molecule has 0 amide bonds. The molecule has 1 rings (SSSR count). The van der Waals surface area contributed by atoms with Crippen molar-refractivity contribution in [3.63, 3.8) is 0 Å². The smallest absolute Gasteiger partial charge is 0.191 e. The van der Waals surface area contributed by atoms with E-state index in [2.05, 4.69) is 35.7 Å². The van der Waals surface area contributed by atoms with Crippen LogP contribution in [0.4, 0.5) is 0 Å². The predicted octanol–water partition coefficient (Wildman–Crippen LogP) is 2.51. The van der Waals surface area contributed by atoms with Gasteiger partial charge in [0.15, 0.2) is 17.5 Å². The first-order chi connectivity index (χ1) is 10.5. The number of rotatable bonds is 7. The number of hydrogen-bond donors (Lipinski definition) is 2. The third kappa shape index (κ3) is 5.33. The van der Waals surface area contributed by atoms with Gasteiger partial charge < -0.3 is 20.1 Å². The van der Waals surface area contributed by atoms with Crippen LogP contribution in [0.3, 0.4) is 0 Å². The van der Waals surface area contributed by atoms with Crippen molar-refractivity contribution in [2.45, 2.75) is 25.1 Å². The van der Waals surface area contributed by atoms with Gasteiger partial charge in [-0.1, -0.05) is 12.1 Å². The van der Waals surface area contributed by atoms with Crippen LogP contribution < -0.4 is 20.1 Å². The molecule has 22 heavy (non-hydrogen) atoms. The van der Waals surface area contributed by atoms with Crippen molar-refractivity contribution in [3.8, 4) is 11.5 Å². The summed E-state index contributed by atoms with van der Waals surface area (Å²) in [5.41, 5.74) is 1.02. The molecule has 0 saturated heterocycles. The minimum Gasteiger partial charge on any atom is -0.493 e. The number of benzene rings is 1. The molecular formula is C16H27N3O2S. The Morgan fingerprint density at radius 1 is 1.23 bits per heavy atom. The fourth-order valence-electron chi connectivity index (χ4n) is 1.86. The standard InChI is InChI=1S/C16H27N3O2S/c1-16(2,22-6)11-19-15(17-3)18-10-12-8-7-9-13(20-4)14(12)21-5/h7-9H,10-11H2,1-6H3,(H2,17,18,19). The Hall–Kier alpha value is -1.56. The van der Waals surface area contributed by atoms with Crippen LogP contribution in [-0.4, -0.2) is 44.8 Å². The molecule has 0 aliphatic carbocycles. The predicted molar refractivity (Wildman–Crippen MR) is 95.3 cm³/mol. The van der Waals surface area contributed by atoms with E-state index in [0.29, 0.717) is 6.54 Å². The monoisotopic (exact) mass is 325 g/mol. The number of nitrogens with one attached hydrogen (secondary N) is 2. The van der Waals surface area contributed by atoms with Crippen LogP contribution in [0, 0.1) is 0 Å². The van der Waals surface area contributed by atoms with Gasteiger partial charge >= 0.3 is 0 Å². The number of methoxy groups -OCH3 is 2. The Morgan fingerprint density at radius 2 is 1.95 bits per heavy atom. The lowest BCUT2D eigenvalue weighted by molar-refractivity contribution is 0.351. The SMILES string of the molecule is CN=C(NCc1cccc(OC)c1OC)NCC(C)(C)SC. The molecule has 0 radical (unpaired) electrons. The molecule has 124 valence electrons. The lowest BCUT2D eigenvalue weighted by atomic mass is 10.2.